The van der Waals surface area contributed by atoms with Gasteiger partial charge in [0.25, 0.3) is 0 Å². The van der Waals surface area contributed by atoms with Gasteiger partial charge in [-0.05, 0) is 24.4 Å². The third kappa shape index (κ3) is 3.34. The summed E-state index contributed by atoms with van der Waals surface area (Å²) in [6.45, 7) is 3.97. The SMILES string of the molecule is C=CCNC(=O)C1CCCCC1C(=O)Cl. The van der Waals surface area contributed by atoms with Crippen molar-refractivity contribution < 1.29 is 9.59 Å². The summed E-state index contributed by atoms with van der Waals surface area (Å²) in [6.07, 6.45) is 5.08. The fraction of sp³-hybridized carbons (Fsp3) is 0.636. The molecule has 4 heteroatoms. The van der Waals surface area contributed by atoms with Crippen LogP contribution in [0.2, 0.25) is 0 Å². The van der Waals surface area contributed by atoms with Gasteiger partial charge >= 0.3 is 0 Å². The molecule has 0 radical (unpaired) electrons. The standard InChI is InChI=1S/C11H16ClNO2/c1-2-7-13-11(15)9-6-4-3-5-8(9)10(12)14/h2,8-9H,1,3-7H2,(H,13,15). The van der Waals surface area contributed by atoms with E-state index >= 15 is 0 Å². The van der Waals surface area contributed by atoms with Crippen molar-refractivity contribution in [3.8, 4) is 0 Å². The van der Waals surface area contributed by atoms with Crippen LogP contribution in [0.1, 0.15) is 25.7 Å². The molecule has 1 rings (SSSR count). The summed E-state index contributed by atoms with van der Waals surface area (Å²) >= 11 is 5.49. The minimum atomic E-state index is -0.381. The van der Waals surface area contributed by atoms with Gasteiger partial charge in [-0.3, -0.25) is 9.59 Å². The lowest BCUT2D eigenvalue weighted by atomic mass is 9.79. The van der Waals surface area contributed by atoms with Crippen molar-refractivity contribution in [1.29, 1.82) is 0 Å². The number of rotatable bonds is 4. The van der Waals surface area contributed by atoms with Crippen LogP contribution in [0.15, 0.2) is 12.7 Å². The Bertz CT molecular complexity index is 265. The van der Waals surface area contributed by atoms with Gasteiger partial charge in [-0.15, -0.1) is 6.58 Å². The molecule has 15 heavy (non-hydrogen) atoms. The molecule has 84 valence electrons. The highest BCUT2D eigenvalue weighted by Gasteiger charge is 2.34. The monoisotopic (exact) mass is 229 g/mol. The Balaban J connectivity index is 2.58. The predicted molar refractivity (Wildman–Crippen MR) is 59.5 cm³/mol. The molecule has 0 aromatic carbocycles. The minimum absolute atomic E-state index is 0.0754. The average molecular weight is 230 g/mol. The molecule has 2 unspecified atom stereocenters. The number of carbonyl (C=O) groups is 2. The molecule has 0 bridgehead atoms. The fourth-order valence-corrected chi connectivity index (χ4v) is 2.28. The lowest BCUT2D eigenvalue weighted by molar-refractivity contribution is -0.132. The lowest BCUT2D eigenvalue weighted by Crippen LogP contribution is -2.38. The first kappa shape index (κ1) is 12.2. The summed E-state index contributed by atoms with van der Waals surface area (Å²) in [4.78, 5) is 22.9. The van der Waals surface area contributed by atoms with Crippen molar-refractivity contribution in [2.75, 3.05) is 6.54 Å². The molecule has 1 saturated carbocycles. The maximum absolute atomic E-state index is 11.7. The van der Waals surface area contributed by atoms with Crippen LogP contribution in [0.5, 0.6) is 0 Å². The predicted octanol–water partition coefficient (Wildman–Crippen LogP) is 1.86. The van der Waals surface area contributed by atoms with E-state index in [0.29, 0.717) is 6.54 Å². The average Bonchev–Trinajstić information content (AvgIpc) is 2.25. The third-order valence-corrected chi connectivity index (χ3v) is 3.10. The van der Waals surface area contributed by atoms with Crippen molar-refractivity contribution >= 4 is 22.8 Å². The Morgan fingerprint density at radius 1 is 1.33 bits per heavy atom. The highest BCUT2D eigenvalue weighted by Crippen LogP contribution is 2.31. The molecule has 0 aromatic rings. The van der Waals surface area contributed by atoms with Crippen LogP contribution >= 0.6 is 11.6 Å². The Morgan fingerprint density at radius 2 is 1.93 bits per heavy atom. The Morgan fingerprint density at radius 3 is 2.47 bits per heavy atom. The first-order valence-corrected chi connectivity index (χ1v) is 5.62. The van der Waals surface area contributed by atoms with Crippen LogP contribution in [-0.2, 0) is 9.59 Å². The molecule has 0 spiro atoms. The summed E-state index contributed by atoms with van der Waals surface area (Å²) in [5.41, 5.74) is 0. The van der Waals surface area contributed by atoms with Gasteiger partial charge in [0.1, 0.15) is 0 Å². The Labute approximate surface area is 94.9 Å². The number of halogens is 1. The van der Waals surface area contributed by atoms with E-state index in [1.54, 1.807) is 6.08 Å². The van der Waals surface area contributed by atoms with E-state index in [-0.39, 0.29) is 23.0 Å². The van der Waals surface area contributed by atoms with E-state index < -0.39 is 0 Å². The zero-order valence-corrected chi connectivity index (χ0v) is 9.43. The second-order valence-electron chi connectivity index (χ2n) is 3.84. The van der Waals surface area contributed by atoms with E-state index in [1.807, 2.05) is 0 Å². The molecule has 1 aliphatic carbocycles. The molecule has 1 fully saturated rings. The van der Waals surface area contributed by atoms with Gasteiger partial charge < -0.3 is 5.32 Å². The van der Waals surface area contributed by atoms with Crippen molar-refractivity contribution in [2.24, 2.45) is 11.8 Å². The zero-order chi connectivity index (χ0) is 11.3. The number of amides is 1. The molecule has 1 amide bonds. The van der Waals surface area contributed by atoms with Gasteiger partial charge in [0.05, 0.1) is 0 Å². The van der Waals surface area contributed by atoms with E-state index in [0.717, 1.165) is 25.7 Å². The molecule has 0 aromatic heterocycles. The number of carbonyl (C=O) groups excluding carboxylic acids is 2. The van der Waals surface area contributed by atoms with Crippen molar-refractivity contribution in [3.63, 3.8) is 0 Å². The normalized spacial score (nSPS) is 25.7. The molecular weight excluding hydrogens is 214 g/mol. The second-order valence-corrected chi connectivity index (χ2v) is 4.21. The highest BCUT2D eigenvalue weighted by atomic mass is 35.5. The second kappa shape index (κ2) is 5.91. The quantitative estimate of drug-likeness (QED) is 0.591. The Kier molecular flexibility index (Phi) is 4.82. The van der Waals surface area contributed by atoms with Gasteiger partial charge in [-0.1, -0.05) is 18.9 Å². The van der Waals surface area contributed by atoms with Gasteiger partial charge in [0.2, 0.25) is 11.1 Å². The maximum atomic E-state index is 11.7. The number of hydrogen-bond donors (Lipinski definition) is 1. The van der Waals surface area contributed by atoms with Crippen LogP contribution in [0.25, 0.3) is 0 Å². The van der Waals surface area contributed by atoms with Gasteiger partial charge in [-0.25, -0.2) is 0 Å². The zero-order valence-electron chi connectivity index (χ0n) is 8.67. The van der Waals surface area contributed by atoms with E-state index in [2.05, 4.69) is 11.9 Å². The third-order valence-electron chi connectivity index (χ3n) is 2.81. The van der Waals surface area contributed by atoms with E-state index in [9.17, 15) is 9.59 Å². The molecule has 0 aliphatic heterocycles. The summed E-state index contributed by atoms with van der Waals surface area (Å²) in [7, 11) is 0. The van der Waals surface area contributed by atoms with Crippen LogP contribution in [-0.4, -0.2) is 17.7 Å². The molecule has 0 saturated heterocycles. The van der Waals surface area contributed by atoms with Crippen LogP contribution in [0.3, 0.4) is 0 Å². The van der Waals surface area contributed by atoms with Crippen molar-refractivity contribution in [1.82, 2.24) is 5.32 Å². The van der Waals surface area contributed by atoms with Crippen LogP contribution in [0.4, 0.5) is 0 Å². The largest absolute Gasteiger partial charge is 0.352 e. The van der Waals surface area contributed by atoms with Crippen molar-refractivity contribution in [2.45, 2.75) is 25.7 Å². The summed E-state index contributed by atoms with van der Waals surface area (Å²) in [5, 5.41) is 2.34. The fourth-order valence-electron chi connectivity index (χ4n) is 2.02. The summed E-state index contributed by atoms with van der Waals surface area (Å²) in [6, 6.07) is 0. The molecule has 1 N–H and O–H groups in total. The van der Waals surface area contributed by atoms with Crippen LogP contribution < -0.4 is 5.32 Å². The number of hydrogen-bond acceptors (Lipinski definition) is 2. The molecule has 1 aliphatic rings. The van der Waals surface area contributed by atoms with Gasteiger partial charge in [0, 0.05) is 18.4 Å². The molecule has 0 heterocycles. The van der Waals surface area contributed by atoms with Gasteiger partial charge in [0.15, 0.2) is 0 Å². The lowest BCUT2D eigenvalue weighted by Gasteiger charge is -2.27. The first-order valence-electron chi connectivity index (χ1n) is 5.24. The van der Waals surface area contributed by atoms with Crippen molar-refractivity contribution in [3.05, 3.63) is 12.7 Å². The topological polar surface area (TPSA) is 46.2 Å². The molecule has 2 atom stereocenters. The Hall–Kier alpha value is -0.830. The minimum Gasteiger partial charge on any atom is -0.352 e. The number of nitrogens with one attached hydrogen (secondary N) is 1. The smallest absolute Gasteiger partial charge is 0.225 e. The maximum Gasteiger partial charge on any atom is 0.225 e. The first-order chi connectivity index (χ1) is 7.16. The summed E-state index contributed by atoms with van der Waals surface area (Å²) in [5.74, 6) is -0.623. The van der Waals surface area contributed by atoms with Crippen LogP contribution in [0, 0.1) is 11.8 Å². The highest BCUT2D eigenvalue weighted by molar-refractivity contribution is 6.64. The van der Waals surface area contributed by atoms with Gasteiger partial charge in [-0.2, -0.15) is 0 Å². The van der Waals surface area contributed by atoms with E-state index in [1.165, 1.54) is 0 Å². The molecule has 3 nitrogen and oxygen atoms in total. The van der Waals surface area contributed by atoms with E-state index in [4.69, 9.17) is 11.6 Å². The summed E-state index contributed by atoms with van der Waals surface area (Å²) < 4.78 is 0. The molecular formula is C11H16ClNO2.